The fraction of sp³-hybridized carbons (Fsp3) is 0.938. The van der Waals surface area contributed by atoms with Crippen molar-refractivity contribution >= 4 is 5.97 Å². The zero-order valence-electron chi connectivity index (χ0n) is 13.0. The van der Waals surface area contributed by atoms with Crippen LogP contribution in [0.25, 0.3) is 0 Å². The van der Waals surface area contributed by atoms with Crippen LogP contribution in [-0.4, -0.2) is 25.3 Å². The summed E-state index contributed by atoms with van der Waals surface area (Å²) in [5, 5.41) is 0. The molecular formula is C16H30O3. The Hall–Kier alpha value is -0.570. The molecule has 0 bridgehead atoms. The van der Waals surface area contributed by atoms with Crippen LogP contribution in [0.2, 0.25) is 0 Å². The molecule has 2 unspecified atom stereocenters. The molecule has 0 aliphatic heterocycles. The second-order valence-corrected chi connectivity index (χ2v) is 6.15. The van der Waals surface area contributed by atoms with E-state index < -0.39 is 0 Å². The van der Waals surface area contributed by atoms with Crippen LogP contribution in [0.3, 0.4) is 0 Å². The van der Waals surface area contributed by atoms with Gasteiger partial charge in [0, 0.05) is 6.61 Å². The normalized spacial score (nSPS) is 26.9. The van der Waals surface area contributed by atoms with Crippen molar-refractivity contribution in [2.75, 3.05) is 13.2 Å². The second kappa shape index (κ2) is 7.88. The zero-order chi connectivity index (χ0) is 14.3. The van der Waals surface area contributed by atoms with Gasteiger partial charge in [-0.05, 0) is 38.0 Å². The van der Waals surface area contributed by atoms with Gasteiger partial charge < -0.3 is 9.47 Å². The largest absolute Gasteiger partial charge is 0.465 e. The highest BCUT2D eigenvalue weighted by molar-refractivity contribution is 5.78. The van der Waals surface area contributed by atoms with Crippen molar-refractivity contribution in [1.82, 2.24) is 0 Å². The van der Waals surface area contributed by atoms with E-state index in [1.54, 1.807) is 0 Å². The van der Waals surface area contributed by atoms with E-state index in [4.69, 9.17) is 9.47 Å². The quantitative estimate of drug-likeness (QED) is 0.626. The minimum Gasteiger partial charge on any atom is -0.465 e. The maximum absolute atomic E-state index is 12.5. The van der Waals surface area contributed by atoms with Gasteiger partial charge in [0.2, 0.25) is 0 Å². The fourth-order valence-electron chi connectivity index (χ4n) is 3.00. The van der Waals surface area contributed by atoms with Crippen molar-refractivity contribution in [2.45, 2.75) is 72.3 Å². The molecule has 0 radical (unpaired) electrons. The van der Waals surface area contributed by atoms with Gasteiger partial charge >= 0.3 is 5.97 Å². The summed E-state index contributed by atoms with van der Waals surface area (Å²) >= 11 is 0. The van der Waals surface area contributed by atoms with Crippen molar-refractivity contribution in [3.8, 4) is 0 Å². The summed E-state index contributed by atoms with van der Waals surface area (Å²) < 4.78 is 11.5. The van der Waals surface area contributed by atoms with Crippen LogP contribution in [0.4, 0.5) is 0 Å². The van der Waals surface area contributed by atoms with Gasteiger partial charge in [-0.15, -0.1) is 0 Å². The lowest BCUT2D eigenvalue weighted by molar-refractivity contribution is -0.166. The standard InChI is InChI=1S/C16H30O3/c1-5-9-16(15(17)19-12-13(3)4)10-7-8-14(16)18-11-6-2/h13-14H,5-12H2,1-4H3. The van der Waals surface area contributed by atoms with Crippen LogP contribution in [0, 0.1) is 11.3 Å². The van der Waals surface area contributed by atoms with Crippen molar-refractivity contribution in [3.05, 3.63) is 0 Å². The SMILES string of the molecule is CCCOC1CCCC1(CCC)C(=O)OCC(C)C. The van der Waals surface area contributed by atoms with Gasteiger partial charge in [0.15, 0.2) is 0 Å². The molecule has 3 heteroatoms. The Morgan fingerprint density at radius 2 is 2.05 bits per heavy atom. The third kappa shape index (κ3) is 4.20. The smallest absolute Gasteiger partial charge is 0.314 e. The van der Waals surface area contributed by atoms with E-state index in [-0.39, 0.29) is 17.5 Å². The first-order chi connectivity index (χ1) is 9.06. The Labute approximate surface area is 118 Å². The molecule has 1 saturated carbocycles. The molecule has 0 aromatic heterocycles. The Morgan fingerprint density at radius 1 is 1.32 bits per heavy atom. The Balaban J connectivity index is 2.73. The highest BCUT2D eigenvalue weighted by Crippen LogP contribution is 2.45. The summed E-state index contributed by atoms with van der Waals surface area (Å²) in [5.41, 5.74) is -0.376. The first-order valence-electron chi connectivity index (χ1n) is 7.85. The average Bonchev–Trinajstić information content (AvgIpc) is 2.78. The summed E-state index contributed by atoms with van der Waals surface area (Å²) in [6, 6.07) is 0. The Kier molecular flexibility index (Phi) is 6.84. The van der Waals surface area contributed by atoms with E-state index >= 15 is 0 Å². The van der Waals surface area contributed by atoms with E-state index in [9.17, 15) is 4.79 Å². The van der Waals surface area contributed by atoms with Crippen LogP contribution >= 0.6 is 0 Å². The second-order valence-electron chi connectivity index (χ2n) is 6.15. The van der Waals surface area contributed by atoms with Crippen molar-refractivity contribution in [3.63, 3.8) is 0 Å². The van der Waals surface area contributed by atoms with E-state index in [0.717, 1.165) is 45.1 Å². The van der Waals surface area contributed by atoms with Crippen molar-refractivity contribution in [2.24, 2.45) is 11.3 Å². The lowest BCUT2D eigenvalue weighted by Crippen LogP contribution is -2.41. The van der Waals surface area contributed by atoms with E-state index in [1.807, 2.05) is 0 Å². The first kappa shape index (κ1) is 16.5. The van der Waals surface area contributed by atoms with Crippen LogP contribution in [0.5, 0.6) is 0 Å². The number of esters is 1. The van der Waals surface area contributed by atoms with Crippen LogP contribution < -0.4 is 0 Å². The zero-order valence-corrected chi connectivity index (χ0v) is 13.0. The summed E-state index contributed by atoms with van der Waals surface area (Å²) in [5.74, 6) is 0.362. The maximum Gasteiger partial charge on any atom is 0.314 e. The van der Waals surface area contributed by atoms with Gasteiger partial charge in [-0.2, -0.15) is 0 Å². The molecule has 0 aromatic rings. The molecule has 19 heavy (non-hydrogen) atoms. The molecular weight excluding hydrogens is 240 g/mol. The number of rotatable bonds is 8. The third-order valence-corrected chi connectivity index (χ3v) is 3.88. The fourth-order valence-corrected chi connectivity index (χ4v) is 3.00. The van der Waals surface area contributed by atoms with Crippen molar-refractivity contribution in [1.29, 1.82) is 0 Å². The summed E-state index contributed by atoms with van der Waals surface area (Å²) in [4.78, 5) is 12.5. The van der Waals surface area contributed by atoms with Gasteiger partial charge in [-0.1, -0.05) is 34.1 Å². The number of carbonyl (C=O) groups is 1. The summed E-state index contributed by atoms with van der Waals surface area (Å²) in [6.45, 7) is 9.64. The Morgan fingerprint density at radius 3 is 2.63 bits per heavy atom. The molecule has 1 aliphatic rings. The molecule has 0 heterocycles. The molecule has 0 amide bonds. The van der Waals surface area contributed by atoms with Gasteiger partial charge in [0.1, 0.15) is 0 Å². The highest BCUT2D eigenvalue weighted by atomic mass is 16.5. The molecule has 3 nitrogen and oxygen atoms in total. The first-order valence-corrected chi connectivity index (χ1v) is 7.85. The number of carbonyl (C=O) groups excluding carboxylic acids is 1. The topological polar surface area (TPSA) is 35.5 Å². The van der Waals surface area contributed by atoms with Gasteiger partial charge in [0.25, 0.3) is 0 Å². The summed E-state index contributed by atoms with van der Waals surface area (Å²) in [6.07, 6.45) is 5.95. The molecule has 1 fully saturated rings. The molecule has 112 valence electrons. The molecule has 0 N–H and O–H groups in total. The summed E-state index contributed by atoms with van der Waals surface area (Å²) in [7, 11) is 0. The van der Waals surface area contributed by atoms with E-state index in [0.29, 0.717) is 12.5 Å². The predicted molar refractivity (Wildman–Crippen MR) is 77.0 cm³/mol. The molecule has 0 saturated heterocycles. The number of hydrogen-bond donors (Lipinski definition) is 0. The van der Waals surface area contributed by atoms with Crippen molar-refractivity contribution < 1.29 is 14.3 Å². The Bertz CT molecular complexity index is 275. The predicted octanol–water partition coefficient (Wildman–Crippen LogP) is 3.95. The van der Waals surface area contributed by atoms with Gasteiger partial charge in [-0.25, -0.2) is 0 Å². The third-order valence-electron chi connectivity index (χ3n) is 3.88. The van der Waals surface area contributed by atoms with Gasteiger partial charge in [0.05, 0.1) is 18.1 Å². The highest BCUT2D eigenvalue weighted by Gasteiger charge is 2.50. The lowest BCUT2D eigenvalue weighted by atomic mass is 9.79. The van der Waals surface area contributed by atoms with Crippen LogP contribution in [-0.2, 0) is 14.3 Å². The lowest BCUT2D eigenvalue weighted by Gasteiger charge is -2.33. The van der Waals surface area contributed by atoms with Gasteiger partial charge in [-0.3, -0.25) is 4.79 Å². The average molecular weight is 270 g/mol. The molecule has 2 atom stereocenters. The number of hydrogen-bond acceptors (Lipinski definition) is 3. The number of ether oxygens (including phenoxy) is 2. The van der Waals surface area contributed by atoms with E-state index in [1.165, 1.54) is 0 Å². The molecule has 0 spiro atoms. The van der Waals surface area contributed by atoms with Crippen LogP contribution in [0.15, 0.2) is 0 Å². The minimum absolute atomic E-state index is 0.0262. The maximum atomic E-state index is 12.5. The monoisotopic (exact) mass is 270 g/mol. The molecule has 1 aliphatic carbocycles. The van der Waals surface area contributed by atoms with E-state index in [2.05, 4.69) is 27.7 Å². The van der Waals surface area contributed by atoms with Crippen LogP contribution in [0.1, 0.15) is 66.2 Å². The molecule has 0 aromatic carbocycles. The molecule has 1 rings (SSSR count). The minimum atomic E-state index is -0.376.